The molecule has 0 aliphatic rings. The molecule has 0 atom stereocenters. The summed E-state index contributed by atoms with van der Waals surface area (Å²) in [6, 6.07) is 21.0. The first-order chi connectivity index (χ1) is 16.6. The maximum absolute atomic E-state index is 4.24. The van der Waals surface area contributed by atoms with Gasteiger partial charge in [-0.2, -0.15) is 0 Å². The average Bonchev–Trinajstić information content (AvgIpc) is 3.39. The Balaban J connectivity index is 0.000000191. The molecule has 0 amide bonds. The molecule has 0 N–H and O–H groups in total. The van der Waals surface area contributed by atoms with Crippen LogP contribution in [0.2, 0.25) is 0 Å². The molecule has 2 aromatic heterocycles. The van der Waals surface area contributed by atoms with E-state index in [1.54, 1.807) is 0 Å². The molecule has 0 unspecified atom stereocenters. The Labute approximate surface area is 229 Å². The minimum absolute atomic E-state index is 0.914. The third-order valence-corrected chi connectivity index (χ3v) is 7.94. The second-order valence-corrected chi connectivity index (χ2v) is 10.4. The van der Waals surface area contributed by atoms with Crippen LogP contribution in [0.15, 0.2) is 85.5 Å². The van der Waals surface area contributed by atoms with Crippen LogP contribution in [0.5, 0.6) is 0 Å². The third kappa shape index (κ3) is 8.37. The Morgan fingerprint density at radius 1 is 0.529 bits per heavy atom. The summed E-state index contributed by atoms with van der Waals surface area (Å²) in [7, 11) is 0. The first-order valence-corrected chi connectivity index (χ1v) is 14.4. The molecule has 180 valence electrons. The van der Waals surface area contributed by atoms with Gasteiger partial charge in [0.15, 0.2) is 0 Å². The Kier molecular flexibility index (Phi) is 11.9. The van der Waals surface area contributed by atoms with E-state index in [4.69, 9.17) is 0 Å². The van der Waals surface area contributed by atoms with Crippen molar-refractivity contribution < 1.29 is 0 Å². The van der Waals surface area contributed by atoms with Gasteiger partial charge < -0.3 is 0 Å². The molecule has 2 aromatic carbocycles. The first kappa shape index (κ1) is 27.2. The first-order valence-electron chi connectivity index (χ1n) is 11.4. The van der Waals surface area contributed by atoms with Crippen molar-refractivity contribution in [3.05, 3.63) is 105 Å². The van der Waals surface area contributed by atoms with Gasteiger partial charge >= 0.3 is 230 Å². The number of aryl methyl sites for hydroxylation is 2. The number of imidazole rings is 2. The number of benzene rings is 2. The van der Waals surface area contributed by atoms with Gasteiger partial charge in [-0.15, -0.1) is 0 Å². The second-order valence-electron chi connectivity index (χ2n) is 7.93. The topological polar surface area (TPSA) is 19.7 Å². The van der Waals surface area contributed by atoms with Crippen LogP contribution in [0.25, 0.3) is 0 Å². The molecule has 2 heterocycles. The van der Waals surface area contributed by atoms with Crippen molar-refractivity contribution in [1.82, 2.24) is 18.3 Å². The van der Waals surface area contributed by atoms with E-state index in [2.05, 4.69) is 148 Å². The second kappa shape index (κ2) is 14.9. The van der Waals surface area contributed by atoms with Crippen LogP contribution >= 0.6 is 25.3 Å². The van der Waals surface area contributed by atoms with E-state index in [0.717, 1.165) is 50.5 Å². The van der Waals surface area contributed by atoms with Crippen LogP contribution in [0.3, 0.4) is 0 Å². The van der Waals surface area contributed by atoms with Crippen LogP contribution < -0.4 is 0 Å². The Morgan fingerprint density at radius 3 is 1.24 bits per heavy atom. The minimum atomic E-state index is 0.914. The molecule has 0 saturated carbocycles. The van der Waals surface area contributed by atoms with Gasteiger partial charge in [0.25, 0.3) is 0 Å². The van der Waals surface area contributed by atoms with E-state index in [1.807, 2.05) is 12.1 Å². The molecule has 0 bridgehead atoms. The Bertz CT molecular complexity index is 1130. The predicted octanol–water partition coefficient (Wildman–Crippen LogP) is 4.72. The number of hydrogen-bond acceptors (Lipinski definition) is 2. The van der Waals surface area contributed by atoms with Crippen LogP contribution in [-0.2, 0) is 26.2 Å². The molecule has 0 aliphatic carbocycles. The molecule has 0 aliphatic heterocycles. The van der Waals surface area contributed by atoms with Gasteiger partial charge in [0.1, 0.15) is 0 Å². The van der Waals surface area contributed by atoms with Crippen molar-refractivity contribution in [3.8, 4) is 0 Å². The quantitative estimate of drug-likeness (QED) is 0.189. The Hall–Kier alpha value is -1.40. The van der Waals surface area contributed by atoms with E-state index in [-0.39, 0.29) is 0 Å². The predicted molar refractivity (Wildman–Crippen MR) is 151 cm³/mol. The molecule has 4 aromatic rings. The van der Waals surface area contributed by atoms with Crippen molar-refractivity contribution in [2.75, 3.05) is 11.5 Å². The molecule has 4 nitrogen and oxygen atoms in total. The molecule has 0 saturated heterocycles. The average molecular weight is 623 g/mol. The number of nitrogens with zero attached hydrogens (tertiary/aromatic N) is 4. The van der Waals surface area contributed by atoms with Crippen molar-refractivity contribution in [1.29, 1.82) is 0 Å². The summed E-state index contributed by atoms with van der Waals surface area (Å²) < 4.78 is 11.3. The Morgan fingerprint density at radius 2 is 0.882 bits per heavy atom. The summed E-state index contributed by atoms with van der Waals surface area (Å²) in [5, 5.41) is 0. The standard InChI is InChI=1S/2C13H16N2SSe/c2*16-10-4-7-14-8-9-15(13(14)17)11-12-5-2-1-3-6-12/h2*1-3,5-6,8-9,16H,4,7,10-11H2. The van der Waals surface area contributed by atoms with Crippen molar-refractivity contribution >= 4 is 56.4 Å². The van der Waals surface area contributed by atoms with E-state index >= 15 is 0 Å². The van der Waals surface area contributed by atoms with E-state index in [9.17, 15) is 0 Å². The zero-order valence-corrected chi connectivity index (χ0v) is 24.5. The normalized spacial score (nSPS) is 10.6. The zero-order valence-electron chi connectivity index (χ0n) is 19.2. The third-order valence-electron chi connectivity index (χ3n) is 5.34. The van der Waals surface area contributed by atoms with Crippen LogP contribution in [0, 0.1) is 8.65 Å². The summed E-state index contributed by atoms with van der Waals surface area (Å²) in [6.45, 7) is 3.87. The van der Waals surface area contributed by atoms with Crippen molar-refractivity contribution in [2.45, 2.75) is 39.0 Å². The van der Waals surface area contributed by atoms with Gasteiger partial charge in [0.05, 0.1) is 0 Å². The van der Waals surface area contributed by atoms with E-state index in [1.165, 1.54) is 19.8 Å². The summed E-state index contributed by atoms with van der Waals surface area (Å²) in [4.78, 5) is 0. The van der Waals surface area contributed by atoms with Crippen LogP contribution in [0.4, 0.5) is 0 Å². The molecule has 4 rings (SSSR count). The number of aromatic nitrogens is 4. The van der Waals surface area contributed by atoms with Crippen LogP contribution in [-0.4, -0.2) is 60.9 Å². The summed E-state index contributed by atoms with van der Waals surface area (Å²) in [5.41, 5.74) is 2.64. The molecule has 34 heavy (non-hydrogen) atoms. The van der Waals surface area contributed by atoms with E-state index < -0.39 is 0 Å². The van der Waals surface area contributed by atoms with Gasteiger partial charge in [-0.25, -0.2) is 0 Å². The van der Waals surface area contributed by atoms with Crippen molar-refractivity contribution in [2.24, 2.45) is 0 Å². The zero-order chi connectivity index (χ0) is 24.2. The summed E-state index contributed by atoms with van der Waals surface area (Å²) in [5.74, 6) is 1.85. The maximum atomic E-state index is 4.24. The number of thiol groups is 2. The fourth-order valence-electron chi connectivity index (χ4n) is 3.53. The van der Waals surface area contributed by atoms with Crippen LogP contribution in [0.1, 0.15) is 24.0 Å². The molecule has 8 heteroatoms. The SMILES string of the molecule is SCCCn1ccn(Cc2ccccc2)c1=[Se].SCCCn1ccn(Cc2ccccc2)c1=[Se]. The molecule has 0 fully saturated rings. The number of rotatable bonds is 10. The van der Waals surface area contributed by atoms with Gasteiger partial charge in [0.2, 0.25) is 0 Å². The molecule has 0 radical (unpaired) electrons. The van der Waals surface area contributed by atoms with Gasteiger partial charge in [-0.3, -0.25) is 0 Å². The monoisotopic (exact) mass is 624 g/mol. The summed E-state index contributed by atoms with van der Waals surface area (Å²) >= 11 is 14.8. The fourth-order valence-corrected chi connectivity index (χ4v) is 4.98. The van der Waals surface area contributed by atoms with Gasteiger partial charge in [-0.1, -0.05) is 0 Å². The van der Waals surface area contributed by atoms with Gasteiger partial charge in [0, 0.05) is 0 Å². The van der Waals surface area contributed by atoms with Crippen molar-refractivity contribution in [3.63, 3.8) is 0 Å². The fraction of sp³-hybridized carbons (Fsp3) is 0.308. The molecule has 0 spiro atoms. The molecular weight excluding hydrogens is 590 g/mol. The molecular formula is C26H32N4S2Se2. The number of hydrogen-bond donors (Lipinski definition) is 2. The van der Waals surface area contributed by atoms with Gasteiger partial charge in [-0.05, 0) is 0 Å². The summed E-state index contributed by atoms with van der Waals surface area (Å²) in [6.07, 6.45) is 10.7. The van der Waals surface area contributed by atoms with E-state index in [0.29, 0.717) is 0 Å².